The van der Waals surface area contributed by atoms with Gasteiger partial charge in [0.25, 0.3) is 11.8 Å². The molecule has 31 heavy (non-hydrogen) atoms. The van der Waals surface area contributed by atoms with Crippen molar-refractivity contribution in [2.24, 2.45) is 0 Å². The maximum atomic E-state index is 13.3. The largest absolute Gasteiger partial charge is 0.373 e. The van der Waals surface area contributed by atoms with E-state index in [9.17, 15) is 14.0 Å². The monoisotopic (exact) mass is 444 g/mol. The molecule has 4 rings (SSSR count). The van der Waals surface area contributed by atoms with E-state index in [1.165, 1.54) is 24.3 Å². The van der Waals surface area contributed by atoms with E-state index < -0.39 is 0 Å². The lowest BCUT2D eigenvalue weighted by molar-refractivity contribution is -0.0370. The molecule has 2 aliphatic rings. The molecule has 1 saturated carbocycles. The van der Waals surface area contributed by atoms with E-state index in [1.54, 1.807) is 29.2 Å². The lowest BCUT2D eigenvalue weighted by Crippen LogP contribution is -2.52. The fraction of sp³-hybridized carbons (Fsp3) is 0.417. The summed E-state index contributed by atoms with van der Waals surface area (Å²) in [6.07, 6.45) is 3.79. The summed E-state index contributed by atoms with van der Waals surface area (Å²) in [4.78, 5) is 29.8. The standard InChI is InChI=1S/C24H26ClFN2O3/c25-19-5-3-4-18(14-19)23(29)27-12-13-31-22(15-27)16-28(21-6-1-2-7-21)24(30)17-8-10-20(26)11-9-17/h3-5,8-11,14,21-22H,1-2,6-7,12-13,15-16H2. The lowest BCUT2D eigenvalue weighted by Gasteiger charge is -2.38. The molecule has 0 spiro atoms. The third kappa shape index (κ3) is 5.25. The van der Waals surface area contributed by atoms with Crippen LogP contribution < -0.4 is 0 Å². The van der Waals surface area contributed by atoms with Gasteiger partial charge in [0, 0.05) is 41.8 Å². The second-order valence-corrected chi connectivity index (χ2v) is 8.59. The number of hydrogen-bond acceptors (Lipinski definition) is 3. The highest BCUT2D eigenvalue weighted by Crippen LogP contribution is 2.26. The molecule has 2 fully saturated rings. The number of rotatable bonds is 5. The van der Waals surface area contributed by atoms with Crippen molar-refractivity contribution < 1.29 is 18.7 Å². The Kier molecular flexibility index (Phi) is 6.88. The van der Waals surface area contributed by atoms with E-state index in [0.717, 1.165) is 25.7 Å². The molecular weight excluding hydrogens is 419 g/mol. The van der Waals surface area contributed by atoms with Gasteiger partial charge in [-0.15, -0.1) is 0 Å². The molecule has 2 aromatic carbocycles. The highest BCUT2D eigenvalue weighted by atomic mass is 35.5. The van der Waals surface area contributed by atoms with Crippen LogP contribution in [0.15, 0.2) is 48.5 Å². The van der Waals surface area contributed by atoms with E-state index in [0.29, 0.717) is 42.4 Å². The Morgan fingerprint density at radius 2 is 1.84 bits per heavy atom. The van der Waals surface area contributed by atoms with Gasteiger partial charge < -0.3 is 14.5 Å². The first kappa shape index (κ1) is 21.8. The Labute approximate surface area is 186 Å². The minimum Gasteiger partial charge on any atom is -0.373 e. The maximum Gasteiger partial charge on any atom is 0.254 e. The molecule has 2 aromatic rings. The van der Waals surface area contributed by atoms with Gasteiger partial charge in [0.2, 0.25) is 0 Å². The smallest absolute Gasteiger partial charge is 0.254 e. The zero-order valence-electron chi connectivity index (χ0n) is 17.3. The quantitative estimate of drug-likeness (QED) is 0.686. The van der Waals surface area contributed by atoms with Gasteiger partial charge in [0.1, 0.15) is 5.82 Å². The zero-order chi connectivity index (χ0) is 21.8. The predicted molar refractivity (Wildman–Crippen MR) is 117 cm³/mol. The molecule has 164 valence electrons. The molecule has 1 unspecified atom stereocenters. The van der Waals surface area contributed by atoms with Gasteiger partial charge in [-0.25, -0.2) is 4.39 Å². The van der Waals surface area contributed by atoms with Crippen molar-refractivity contribution in [2.75, 3.05) is 26.2 Å². The molecule has 1 aliphatic carbocycles. The fourth-order valence-corrected chi connectivity index (χ4v) is 4.60. The topological polar surface area (TPSA) is 49.9 Å². The van der Waals surface area contributed by atoms with Crippen molar-refractivity contribution in [3.05, 3.63) is 70.5 Å². The van der Waals surface area contributed by atoms with Crippen LogP contribution in [-0.2, 0) is 4.74 Å². The summed E-state index contributed by atoms with van der Waals surface area (Å²) in [5, 5.41) is 0.521. The maximum absolute atomic E-state index is 13.3. The molecule has 1 aliphatic heterocycles. The van der Waals surface area contributed by atoms with Crippen LogP contribution in [0, 0.1) is 5.82 Å². The van der Waals surface area contributed by atoms with Crippen LogP contribution in [0.1, 0.15) is 46.4 Å². The molecule has 0 bridgehead atoms. The summed E-state index contributed by atoms with van der Waals surface area (Å²) in [6, 6.07) is 12.7. The molecule has 2 amide bonds. The zero-order valence-corrected chi connectivity index (χ0v) is 18.1. The average Bonchev–Trinajstić information content (AvgIpc) is 3.32. The Bertz CT molecular complexity index is 931. The van der Waals surface area contributed by atoms with Gasteiger partial charge >= 0.3 is 0 Å². The van der Waals surface area contributed by atoms with Gasteiger partial charge in [0.05, 0.1) is 12.7 Å². The molecule has 5 nitrogen and oxygen atoms in total. The summed E-state index contributed by atoms with van der Waals surface area (Å²) in [6.45, 7) is 1.73. The van der Waals surface area contributed by atoms with Gasteiger partial charge in [-0.2, -0.15) is 0 Å². The van der Waals surface area contributed by atoms with E-state index >= 15 is 0 Å². The van der Waals surface area contributed by atoms with Crippen LogP contribution >= 0.6 is 11.6 Å². The third-order valence-corrected chi connectivity index (χ3v) is 6.25. The fourth-order valence-electron chi connectivity index (χ4n) is 4.41. The van der Waals surface area contributed by atoms with Crippen LogP contribution in [0.2, 0.25) is 5.02 Å². The Hall–Kier alpha value is -2.44. The van der Waals surface area contributed by atoms with Gasteiger partial charge in [-0.05, 0) is 55.3 Å². The summed E-state index contributed by atoms with van der Waals surface area (Å²) in [5.41, 5.74) is 1.01. The number of hydrogen-bond donors (Lipinski definition) is 0. The third-order valence-electron chi connectivity index (χ3n) is 6.02. The second-order valence-electron chi connectivity index (χ2n) is 8.16. The van der Waals surface area contributed by atoms with Crippen LogP contribution in [0.5, 0.6) is 0 Å². The van der Waals surface area contributed by atoms with Crippen molar-refractivity contribution >= 4 is 23.4 Å². The van der Waals surface area contributed by atoms with E-state index in [1.807, 2.05) is 4.90 Å². The molecule has 1 heterocycles. The number of amides is 2. The van der Waals surface area contributed by atoms with E-state index in [2.05, 4.69) is 0 Å². The highest BCUT2D eigenvalue weighted by molar-refractivity contribution is 6.30. The van der Waals surface area contributed by atoms with Gasteiger partial charge in [-0.3, -0.25) is 9.59 Å². The van der Waals surface area contributed by atoms with Crippen molar-refractivity contribution in [1.29, 1.82) is 0 Å². The van der Waals surface area contributed by atoms with Crippen molar-refractivity contribution in [1.82, 2.24) is 9.80 Å². The number of halogens is 2. The number of carbonyl (C=O) groups is 2. The molecular formula is C24H26ClFN2O3. The minimum absolute atomic E-state index is 0.0897. The Balaban J connectivity index is 1.47. The lowest BCUT2D eigenvalue weighted by atomic mass is 10.1. The van der Waals surface area contributed by atoms with Crippen LogP contribution in [0.25, 0.3) is 0 Å². The molecule has 0 radical (unpaired) electrons. The first-order valence-electron chi connectivity index (χ1n) is 10.7. The van der Waals surface area contributed by atoms with Crippen LogP contribution in [-0.4, -0.2) is 60.0 Å². The molecule has 1 atom stereocenters. The molecule has 0 aromatic heterocycles. The van der Waals surface area contributed by atoms with Crippen molar-refractivity contribution in [3.8, 4) is 0 Å². The van der Waals surface area contributed by atoms with Crippen LogP contribution in [0.4, 0.5) is 4.39 Å². The number of nitrogens with zero attached hydrogens (tertiary/aromatic N) is 2. The van der Waals surface area contributed by atoms with Gasteiger partial charge in [0.15, 0.2) is 0 Å². The predicted octanol–water partition coefficient (Wildman–Crippen LogP) is 4.41. The second kappa shape index (κ2) is 9.79. The first-order valence-corrected chi connectivity index (χ1v) is 11.1. The Morgan fingerprint density at radius 1 is 1.10 bits per heavy atom. The molecule has 7 heteroatoms. The first-order chi connectivity index (χ1) is 15.0. The normalized spacial score (nSPS) is 19.4. The Morgan fingerprint density at radius 3 is 2.55 bits per heavy atom. The summed E-state index contributed by atoms with van der Waals surface area (Å²) >= 11 is 6.04. The van der Waals surface area contributed by atoms with Crippen molar-refractivity contribution in [2.45, 2.75) is 37.8 Å². The average molecular weight is 445 g/mol. The van der Waals surface area contributed by atoms with Gasteiger partial charge in [-0.1, -0.05) is 30.5 Å². The highest BCUT2D eigenvalue weighted by Gasteiger charge is 2.33. The number of benzene rings is 2. The number of carbonyl (C=O) groups excluding carboxylic acids is 2. The van der Waals surface area contributed by atoms with E-state index in [-0.39, 0.29) is 29.8 Å². The molecule has 0 N–H and O–H groups in total. The SMILES string of the molecule is O=C(c1cccc(Cl)c1)N1CCOC(CN(C(=O)c2ccc(F)cc2)C2CCCC2)C1. The summed E-state index contributed by atoms with van der Waals surface area (Å²) in [7, 11) is 0. The summed E-state index contributed by atoms with van der Waals surface area (Å²) in [5.74, 6) is -0.573. The van der Waals surface area contributed by atoms with E-state index in [4.69, 9.17) is 16.3 Å². The number of ether oxygens (including phenoxy) is 1. The minimum atomic E-state index is -0.366. The molecule has 1 saturated heterocycles. The number of morpholine rings is 1. The summed E-state index contributed by atoms with van der Waals surface area (Å²) < 4.78 is 19.3. The van der Waals surface area contributed by atoms with Crippen molar-refractivity contribution in [3.63, 3.8) is 0 Å². The van der Waals surface area contributed by atoms with Crippen LogP contribution in [0.3, 0.4) is 0 Å².